The SMILES string of the molecule is CCCCOc1c(CN)n(CC(C)C)c(=O)c2ccc(-c3ccccn3)cc12.Cl.Cl. The molecule has 0 amide bonds. The smallest absolute Gasteiger partial charge is 0.258 e. The monoisotopic (exact) mass is 451 g/mol. The molecule has 7 heteroatoms. The number of aromatic nitrogens is 2. The molecule has 2 heterocycles. The van der Waals surface area contributed by atoms with Gasteiger partial charge >= 0.3 is 0 Å². The zero-order valence-corrected chi connectivity index (χ0v) is 19.4. The molecule has 0 spiro atoms. The van der Waals surface area contributed by atoms with Gasteiger partial charge in [-0.2, -0.15) is 0 Å². The van der Waals surface area contributed by atoms with E-state index in [1.54, 1.807) is 10.8 Å². The van der Waals surface area contributed by atoms with Crippen LogP contribution in [0.2, 0.25) is 0 Å². The van der Waals surface area contributed by atoms with Crippen molar-refractivity contribution in [2.24, 2.45) is 11.7 Å². The highest BCUT2D eigenvalue weighted by molar-refractivity contribution is 5.92. The van der Waals surface area contributed by atoms with Crippen molar-refractivity contribution in [1.82, 2.24) is 9.55 Å². The van der Waals surface area contributed by atoms with Crippen molar-refractivity contribution in [1.29, 1.82) is 0 Å². The molecular formula is C23H31Cl2N3O2. The van der Waals surface area contributed by atoms with Crippen molar-refractivity contribution >= 4 is 35.6 Å². The van der Waals surface area contributed by atoms with Gasteiger partial charge in [-0.1, -0.05) is 39.3 Å². The molecule has 3 rings (SSSR count). The predicted octanol–water partition coefficient (Wildman–Crippen LogP) is 5.20. The second-order valence-corrected chi connectivity index (χ2v) is 7.47. The number of benzene rings is 1. The summed E-state index contributed by atoms with van der Waals surface area (Å²) in [5.74, 6) is 1.06. The molecule has 0 fully saturated rings. The molecule has 0 bridgehead atoms. The molecule has 2 aromatic heterocycles. The van der Waals surface area contributed by atoms with Crippen LogP contribution in [0.25, 0.3) is 22.0 Å². The van der Waals surface area contributed by atoms with E-state index in [0.29, 0.717) is 24.5 Å². The third-order valence-corrected chi connectivity index (χ3v) is 4.77. The maximum atomic E-state index is 13.2. The molecule has 0 atom stereocenters. The van der Waals surface area contributed by atoms with Gasteiger partial charge in [-0.3, -0.25) is 9.78 Å². The lowest BCUT2D eigenvalue weighted by atomic mass is 10.0. The van der Waals surface area contributed by atoms with Gasteiger partial charge in [0, 0.05) is 30.2 Å². The van der Waals surface area contributed by atoms with E-state index in [-0.39, 0.29) is 36.9 Å². The van der Waals surface area contributed by atoms with Crippen LogP contribution in [0, 0.1) is 5.92 Å². The summed E-state index contributed by atoms with van der Waals surface area (Å²) in [5, 5.41) is 1.47. The fourth-order valence-electron chi connectivity index (χ4n) is 3.40. The quantitative estimate of drug-likeness (QED) is 0.477. The van der Waals surface area contributed by atoms with Gasteiger partial charge in [0.05, 0.1) is 23.4 Å². The molecule has 0 aliphatic carbocycles. The second kappa shape index (κ2) is 11.9. The van der Waals surface area contributed by atoms with E-state index in [2.05, 4.69) is 25.8 Å². The topological polar surface area (TPSA) is 70.1 Å². The van der Waals surface area contributed by atoms with Gasteiger partial charge in [-0.05, 0) is 36.6 Å². The molecule has 30 heavy (non-hydrogen) atoms. The Morgan fingerprint density at radius 3 is 2.50 bits per heavy atom. The van der Waals surface area contributed by atoms with E-state index in [1.165, 1.54) is 0 Å². The number of nitrogens with two attached hydrogens (primary N) is 1. The van der Waals surface area contributed by atoms with Crippen LogP contribution >= 0.6 is 24.8 Å². The Morgan fingerprint density at radius 2 is 1.90 bits per heavy atom. The molecule has 3 aromatic rings. The van der Waals surface area contributed by atoms with Crippen molar-refractivity contribution in [3.63, 3.8) is 0 Å². The molecule has 0 unspecified atom stereocenters. The molecular weight excluding hydrogens is 421 g/mol. The lowest BCUT2D eigenvalue weighted by Crippen LogP contribution is -2.28. The predicted molar refractivity (Wildman–Crippen MR) is 129 cm³/mol. The highest BCUT2D eigenvalue weighted by atomic mass is 35.5. The largest absolute Gasteiger partial charge is 0.491 e. The minimum absolute atomic E-state index is 0. The summed E-state index contributed by atoms with van der Waals surface area (Å²) in [5.41, 5.74) is 8.66. The van der Waals surface area contributed by atoms with Crippen LogP contribution in [-0.2, 0) is 13.1 Å². The zero-order chi connectivity index (χ0) is 20.1. The van der Waals surface area contributed by atoms with Crippen LogP contribution < -0.4 is 16.0 Å². The van der Waals surface area contributed by atoms with Crippen LogP contribution in [0.4, 0.5) is 0 Å². The van der Waals surface area contributed by atoms with Crippen molar-refractivity contribution in [3.8, 4) is 17.0 Å². The number of fused-ring (bicyclic) bond motifs is 1. The van der Waals surface area contributed by atoms with Crippen molar-refractivity contribution in [2.75, 3.05) is 6.61 Å². The van der Waals surface area contributed by atoms with Crippen LogP contribution in [0.15, 0.2) is 47.4 Å². The summed E-state index contributed by atoms with van der Waals surface area (Å²) < 4.78 is 7.98. The Kier molecular flexibility index (Phi) is 10.3. The maximum Gasteiger partial charge on any atom is 0.258 e. The van der Waals surface area contributed by atoms with Crippen LogP contribution in [0.1, 0.15) is 39.3 Å². The minimum atomic E-state index is -0.0143. The van der Waals surface area contributed by atoms with Crippen molar-refractivity contribution < 1.29 is 4.74 Å². The van der Waals surface area contributed by atoms with Crippen molar-refractivity contribution in [2.45, 2.75) is 46.7 Å². The van der Waals surface area contributed by atoms with Crippen LogP contribution in [0.3, 0.4) is 0 Å². The molecule has 0 aliphatic heterocycles. The van der Waals surface area contributed by atoms with Gasteiger partial charge in [-0.25, -0.2) is 0 Å². The third kappa shape index (κ3) is 5.54. The van der Waals surface area contributed by atoms with Gasteiger partial charge in [-0.15, -0.1) is 24.8 Å². The number of unbranched alkanes of at least 4 members (excludes halogenated alkanes) is 1. The Labute approximate surface area is 190 Å². The molecule has 0 aliphatic rings. The Bertz CT molecular complexity index is 1000. The summed E-state index contributed by atoms with van der Waals surface area (Å²) >= 11 is 0. The lowest BCUT2D eigenvalue weighted by molar-refractivity contribution is 0.304. The average molecular weight is 452 g/mol. The standard InChI is InChI=1S/C23H29N3O2.2ClH/c1-4-5-12-28-22-19-13-17(20-8-6-7-11-25-20)9-10-18(19)23(27)26(15-16(2)3)21(22)14-24;;/h6-11,13,16H,4-5,12,14-15,24H2,1-3H3;2*1H. The fourth-order valence-corrected chi connectivity index (χ4v) is 3.40. The number of hydrogen-bond acceptors (Lipinski definition) is 4. The van der Waals surface area contributed by atoms with E-state index in [1.807, 2.05) is 36.4 Å². The average Bonchev–Trinajstić information content (AvgIpc) is 2.71. The molecule has 5 nitrogen and oxygen atoms in total. The van der Waals surface area contributed by atoms with Gasteiger partial charge in [0.15, 0.2) is 0 Å². The highest BCUT2D eigenvalue weighted by Crippen LogP contribution is 2.31. The molecule has 0 saturated carbocycles. The molecule has 2 N–H and O–H groups in total. The first-order valence-electron chi connectivity index (χ1n) is 10.0. The van der Waals surface area contributed by atoms with Gasteiger partial charge in [0.25, 0.3) is 5.56 Å². The van der Waals surface area contributed by atoms with Crippen LogP contribution in [-0.4, -0.2) is 16.2 Å². The first-order chi connectivity index (χ1) is 13.6. The molecule has 0 saturated heterocycles. The molecule has 0 radical (unpaired) electrons. The zero-order valence-electron chi connectivity index (χ0n) is 17.8. The highest BCUT2D eigenvalue weighted by Gasteiger charge is 2.18. The van der Waals surface area contributed by atoms with E-state index >= 15 is 0 Å². The Balaban J connectivity index is 0.00000225. The minimum Gasteiger partial charge on any atom is -0.491 e. The number of hydrogen-bond donors (Lipinski definition) is 1. The first-order valence-corrected chi connectivity index (χ1v) is 10.0. The summed E-state index contributed by atoms with van der Waals surface area (Å²) in [7, 11) is 0. The number of ether oxygens (including phenoxy) is 1. The summed E-state index contributed by atoms with van der Waals surface area (Å²) in [6.07, 6.45) is 3.76. The van der Waals surface area contributed by atoms with E-state index < -0.39 is 0 Å². The number of halogens is 2. The Morgan fingerprint density at radius 1 is 1.13 bits per heavy atom. The lowest BCUT2D eigenvalue weighted by Gasteiger charge is -2.20. The van der Waals surface area contributed by atoms with Gasteiger partial charge < -0.3 is 15.0 Å². The van der Waals surface area contributed by atoms with Crippen molar-refractivity contribution in [3.05, 3.63) is 58.6 Å². The van der Waals surface area contributed by atoms with Gasteiger partial charge in [0.2, 0.25) is 0 Å². The van der Waals surface area contributed by atoms with E-state index in [0.717, 1.165) is 40.9 Å². The first kappa shape index (κ1) is 26.0. The maximum absolute atomic E-state index is 13.2. The second-order valence-electron chi connectivity index (χ2n) is 7.47. The summed E-state index contributed by atoms with van der Waals surface area (Å²) in [6.45, 7) is 7.80. The molecule has 1 aromatic carbocycles. The normalized spacial score (nSPS) is 10.6. The third-order valence-electron chi connectivity index (χ3n) is 4.77. The van der Waals surface area contributed by atoms with E-state index in [9.17, 15) is 4.79 Å². The number of pyridine rings is 2. The van der Waals surface area contributed by atoms with E-state index in [4.69, 9.17) is 10.5 Å². The molecule has 164 valence electrons. The van der Waals surface area contributed by atoms with Gasteiger partial charge in [0.1, 0.15) is 5.75 Å². The fraction of sp³-hybridized carbons (Fsp3) is 0.391. The number of rotatable bonds is 8. The number of nitrogens with zero attached hydrogens (tertiary/aromatic N) is 2. The summed E-state index contributed by atoms with van der Waals surface area (Å²) in [4.78, 5) is 17.6. The summed E-state index contributed by atoms with van der Waals surface area (Å²) in [6, 6.07) is 11.6. The van der Waals surface area contributed by atoms with Crippen LogP contribution in [0.5, 0.6) is 5.75 Å². The Hall–Kier alpha value is -2.08.